The van der Waals surface area contributed by atoms with Crippen LogP contribution in [-0.4, -0.2) is 40.1 Å². The summed E-state index contributed by atoms with van der Waals surface area (Å²) in [5.74, 6) is 0. The normalized spacial score (nSPS) is 13.3. The molecule has 116 valence electrons. The maximum absolute atomic E-state index is 2.69. The van der Waals surface area contributed by atoms with Crippen LogP contribution in [0.15, 0.2) is 0 Å². The zero-order valence-corrected chi connectivity index (χ0v) is 14.9. The molecule has 0 saturated carbocycles. The average Bonchev–Trinajstić information content (AvgIpc) is 2.23. The van der Waals surface area contributed by atoms with Crippen molar-refractivity contribution in [3.05, 3.63) is 0 Å². The molecular formula is C17H38N2. The smallest absolute Gasteiger partial charge is 0.0631 e. The van der Waals surface area contributed by atoms with Crippen LogP contribution < -0.4 is 0 Å². The highest BCUT2D eigenvalue weighted by molar-refractivity contribution is 4.82. The summed E-state index contributed by atoms with van der Waals surface area (Å²) >= 11 is 0. The van der Waals surface area contributed by atoms with Gasteiger partial charge in [0, 0.05) is 24.2 Å². The second-order valence-corrected chi connectivity index (χ2v) is 6.89. The van der Waals surface area contributed by atoms with Gasteiger partial charge in [-0.2, -0.15) is 0 Å². The lowest BCUT2D eigenvalue weighted by Gasteiger charge is -2.48. The maximum Gasteiger partial charge on any atom is 0.0631 e. The SMILES string of the molecule is CCCCC(N(C(C)C)C(C)C)N(C(C)C)C(C)C. The molecule has 0 aromatic carbocycles. The van der Waals surface area contributed by atoms with E-state index in [4.69, 9.17) is 0 Å². The third-order valence-corrected chi connectivity index (χ3v) is 3.89. The molecule has 0 atom stereocenters. The molecule has 0 heterocycles. The zero-order valence-electron chi connectivity index (χ0n) is 14.9. The van der Waals surface area contributed by atoms with Gasteiger partial charge in [-0.1, -0.05) is 19.8 Å². The van der Waals surface area contributed by atoms with Crippen LogP contribution in [0.5, 0.6) is 0 Å². The van der Waals surface area contributed by atoms with Crippen molar-refractivity contribution in [1.29, 1.82) is 0 Å². The van der Waals surface area contributed by atoms with Crippen LogP contribution in [0.4, 0.5) is 0 Å². The number of hydrogen-bond donors (Lipinski definition) is 0. The molecule has 0 saturated heterocycles. The summed E-state index contributed by atoms with van der Waals surface area (Å²) in [4.78, 5) is 5.38. The Labute approximate surface area is 122 Å². The predicted molar refractivity (Wildman–Crippen MR) is 87.5 cm³/mol. The number of rotatable bonds is 9. The van der Waals surface area contributed by atoms with E-state index in [-0.39, 0.29) is 0 Å². The Morgan fingerprint density at radius 2 is 0.947 bits per heavy atom. The molecule has 0 aliphatic heterocycles. The first-order valence-corrected chi connectivity index (χ1v) is 8.28. The molecule has 0 radical (unpaired) electrons. The molecule has 0 aromatic rings. The quantitative estimate of drug-likeness (QED) is 0.558. The summed E-state index contributed by atoms with van der Waals surface area (Å²) in [6.45, 7) is 20.9. The summed E-state index contributed by atoms with van der Waals surface area (Å²) in [6.07, 6.45) is 4.45. The van der Waals surface area contributed by atoms with Crippen molar-refractivity contribution < 1.29 is 0 Å². The molecule has 0 fully saturated rings. The molecule has 0 aliphatic carbocycles. The van der Waals surface area contributed by atoms with Crippen LogP contribution >= 0.6 is 0 Å². The molecule has 0 bridgehead atoms. The van der Waals surface area contributed by atoms with E-state index in [9.17, 15) is 0 Å². The first-order chi connectivity index (χ1) is 8.73. The summed E-state index contributed by atoms with van der Waals surface area (Å²) in [7, 11) is 0. The van der Waals surface area contributed by atoms with Gasteiger partial charge in [0.25, 0.3) is 0 Å². The van der Waals surface area contributed by atoms with Gasteiger partial charge < -0.3 is 0 Å². The van der Waals surface area contributed by atoms with E-state index in [2.05, 4.69) is 72.1 Å². The van der Waals surface area contributed by atoms with Crippen molar-refractivity contribution in [2.24, 2.45) is 0 Å². The van der Waals surface area contributed by atoms with Gasteiger partial charge >= 0.3 is 0 Å². The lowest BCUT2D eigenvalue weighted by molar-refractivity contribution is -0.0402. The van der Waals surface area contributed by atoms with Crippen molar-refractivity contribution in [1.82, 2.24) is 9.80 Å². The molecule has 0 N–H and O–H groups in total. The fraction of sp³-hybridized carbons (Fsp3) is 1.00. The van der Waals surface area contributed by atoms with Crippen molar-refractivity contribution in [2.45, 2.75) is 112 Å². The molecule has 0 aliphatic rings. The zero-order chi connectivity index (χ0) is 15.2. The Morgan fingerprint density at radius 1 is 0.632 bits per heavy atom. The molecule has 19 heavy (non-hydrogen) atoms. The molecule has 2 heteroatoms. The number of hydrogen-bond acceptors (Lipinski definition) is 2. The molecule has 0 rings (SSSR count). The predicted octanol–water partition coefficient (Wildman–Crippen LogP) is 4.74. The summed E-state index contributed by atoms with van der Waals surface area (Å²) in [5.41, 5.74) is 0. The monoisotopic (exact) mass is 270 g/mol. The van der Waals surface area contributed by atoms with E-state index >= 15 is 0 Å². The van der Waals surface area contributed by atoms with Crippen LogP contribution in [0, 0.1) is 0 Å². The molecule has 0 amide bonds. The highest BCUT2D eigenvalue weighted by Gasteiger charge is 2.31. The lowest BCUT2D eigenvalue weighted by atomic mass is 10.1. The highest BCUT2D eigenvalue weighted by atomic mass is 15.4. The van der Waals surface area contributed by atoms with Gasteiger partial charge in [-0.25, -0.2) is 0 Å². The van der Waals surface area contributed by atoms with Crippen LogP contribution in [0.3, 0.4) is 0 Å². The van der Waals surface area contributed by atoms with E-state index in [1.54, 1.807) is 0 Å². The largest absolute Gasteiger partial charge is 0.283 e. The van der Waals surface area contributed by atoms with Gasteiger partial charge in [0.1, 0.15) is 0 Å². The molecule has 0 unspecified atom stereocenters. The highest BCUT2D eigenvalue weighted by Crippen LogP contribution is 2.23. The summed E-state index contributed by atoms with van der Waals surface area (Å²) < 4.78 is 0. The number of nitrogens with zero attached hydrogens (tertiary/aromatic N) is 2. The third kappa shape index (κ3) is 5.83. The van der Waals surface area contributed by atoms with Gasteiger partial charge in [-0.3, -0.25) is 9.80 Å². The van der Waals surface area contributed by atoms with E-state index in [0.29, 0.717) is 30.3 Å². The first-order valence-electron chi connectivity index (χ1n) is 8.28. The topological polar surface area (TPSA) is 6.48 Å². The maximum atomic E-state index is 2.69. The first kappa shape index (κ1) is 18.9. The minimum atomic E-state index is 0.569. The molecule has 0 spiro atoms. The average molecular weight is 271 g/mol. The second kappa shape index (κ2) is 8.97. The van der Waals surface area contributed by atoms with Crippen molar-refractivity contribution in [2.75, 3.05) is 0 Å². The van der Waals surface area contributed by atoms with Gasteiger partial charge in [-0.05, 0) is 61.8 Å². The van der Waals surface area contributed by atoms with Crippen LogP contribution in [-0.2, 0) is 0 Å². The molecule has 2 nitrogen and oxygen atoms in total. The third-order valence-electron chi connectivity index (χ3n) is 3.89. The Hall–Kier alpha value is -0.0800. The van der Waals surface area contributed by atoms with E-state index in [1.807, 2.05) is 0 Å². The Balaban J connectivity index is 5.24. The Bertz CT molecular complexity index is 185. The van der Waals surface area contributed by atoms with E-state index in [0.717, 1.165) is 0 Å². The Morgan fingerprint density at radius 3 is 1.16 bits per heavy atom. The number of unbranched alkanes of at least 4 members (excludes halogenated alkanes) is 1. The van der Waals surface area contributed by atoms with Crippen molar-refractivity contribution in [3.8, 4) is 0 Å². The van der Waals surface area contributed by atoms with Crippen LogP contribution in [0.1, 0.15) is 81.6 Å². The Kier molecular flexibility index (Phi) is 8.93. The van der Waals surface area contributed by atoms with Gasteiger partial charge in [0.05, 0.1) is 6.17 Å². The second-order valence-electron chi connectivity index (χ2n) is 6.89. The van der Waals surface area contributed by atoms with Crippen molar-refractivity contribution >= 4 is 0 Å². The summed E-state index contributed by atoms with van der Waals surface area (Å²) in [5, 5.41) is 0. The standard InChI is InChI=1S/C17H38N2/c1-10-11-12-17(18(13(2)3)14(4)5)19(15(6)7)16(8)9/h13-17H,10-12H2,1-9H3. The van der Waals surface area contributed by atoms with Crippen LogP contribution in [0.2, 0.25) is 0 Å². The fourth-order valence-corrected chi connectivity index (χ4v) is 3.41. The molecule has 0 aromatic heterocycles. The van der Waals surface area contributed by atoms with Crippen LogP contribution in [0.25, 0.3) is 0 Å². The van der Waals surface area contributed by atoms with E-state index < -0.39 is 0 Å². The van der Waals surface area contributed by atoms with Gasteiger partial charge in [-0.15, -0.1) is 0 Å². The van der Waals surface area contributed by atoms with Gasteiger partial charge in [0.2, 0.25) is 0 Å². The lowest BCUT2D eigenvalue weighted by Crippen LogP contribution is -2.57. The minimum Gasteiger partial charge on any atom is -0.283 e. The fourth-order valence-electron chi connectivity index (χ4n) is 3.41. The minimum absolute atomic E-state index is 0.569. The van der Waals surface area contributed by atoms with E-state index in [1.165, 1.54) is 19.3 Å². The molecular weight excluding hydrogens is 232 g/mol. The van der Waals surface area contributed by atoms with Crippen molar-refractivity contribution in [3.63, 3.8) is 0 Å². The van der Waals surface area contributed by atoms with Gasteiger partial charge in [0.15, 0.2) is 0 Å². The summed E-state index contributed by atoms with van der Waals surface area (Å²) in [6, 6.07) is 2.40.